The fourth-order valence-corrected chi connectivity index (χ4v) is 5.41. The molecule has 0 radical (unpaired) electrons. The fraction of sp³-hybridized carbons (Fsp3) is 0.455. The van der Waals surface area contributed by atoms with Crippen LogP contribution in [0.2, 0.25) is 0 Å². The molecule has 1 unspecified atom stereocenters. The van der Waals surface area contributed by atoms with Crippen LogP contribution in [0.1, 0.15) is 23.4 Å². The zero-order valence-corrected chi connectivity index (χ0v) is 18.3. The molecule has 0 saturated carbocycles. The minimum Gasteiger partial charge on any atom is -0.381 e. The van der Waals surface area contributed by atoms with Gasteiger partial charge in [-0.25, -0.2) is 23.1 Å². The third-order valence-electron chi connectivity index (χ3n) is 6.15. The second-order valence-corrected chi connectivity index (χ2v) is 9.37. The average Bonchev–Trinajstić information content (AvgIpc) is 3.41. The van der Waals surface area contributed by atoms with Crippen LogP contribution in [0.5, 0.6) is 0 Å². The molecule has 3 aliphatic heterocycles. The molecule has 11 heteroatoms. The molecule has 1 aromatic rings. The molecule has 33 heavy (non-hydrogen) atoms. The summed E-state index contributed by atoms with van der Waals surface area (Å²) in [5.41, 5.74) is 0.584. The summed E-state index contributed by atoms with van der Waals surface area (Å²) in [4.78, 5) is 36.6. The van der Waals surface area contributed by atoms with Crippen molar-refractivity contribution in [2.24, 2.45) is 16.8 Å². The van der Waals surface area contributed by atoms with E-state index < -0.39 is 29.7 Å². The first-order chi connectivity index (χ1) is 15.9. The van der Waals surface area contributed by atoms with Gasteiger partial charge in [0.05, 0.1) is 18.0 Å². The standard InChI is InChI=1S/C22H21F3N4O3S/c23-12-7-14(19(24)25)13-9-17(26-16(13)8-12)21(31)29-4-1-15-18(10-29)33-22(27-15)28-20(30)11-2-5-32-6-3-11/h7-9,11,13,19H,1-6,10H2,(H,27,28,30). The van der Waals surface area contributed by atoms with Crippen molar-refractivity contribution >= 4 is 34.0 Å². The van der Waals surface area contributed by atoms with E-state index in [9.17, 15) is 22.8 Å². The number of carbonyl (C=O) groups is 2. The number of hydrogen-bond donors (Lipinski definition) is 1. The van der Waals surface area contributed by atoms with Gasteiger partial charge in [-0.15, -0.1) is 0 Å². The Bertz CT molecular complexity index is 1120. The Kier molecular flexibility index (Phi) is 5.92. The lowest BCUT2D eigenvalue weighted by Gasteiger charge is -2.25. The maximum Gasteiger partial charge on any atom is 0.272 e. The van der Waals surface area contributed by atoms with Gasteiger partial charge in [-0.3, -0.25) is 9.59 Å². The highest BCUT2D eigenvalue weighted by atomic mass is 32.1. The van der Waals surface area contributed by atoms with Crippen LogP contribution in [0.3, 0.4) is 0 Å². The number of nitrogens with zero attached hydrogens (tertiary/aromatic N) is 3. The fourth-order valence-electron chi connectivity index (χ4n) is 4.38. The number of hydrogen-bond acceptors (Lipinski definition) is 6. The Hall–Kier alpha value is -2.79. The lowest BCUT2D eigenvalue weighted by molar-refractivity contribution is -0.128. The molecule has 5 rings (SSSR count). The Morgan fingerprint density at radius 1 is 1.24 bits per heavy atom. The number of aromatic nitrogens is 1. The van der Waals surface area contributed by atoms with Crippen LogP contribution in [0.15, 0.2) is 40.3 Å². The number of rotatable bonds is 4. The minimum absolute atomic E-state index is 0.0357. The van der Waals surface area contributed by atoms with Crippen LogP contribution < -0.4 is 5.32 Å². The quantitative estimate of drug-likeness (QED) is 0.719. The summed E-state index contributed by atoms with van der Waals surface area (Å²) >= 11 is 1.33. The van der Waals surface area contributed by atoms with Gasteiger partial charge in [0, 0.05) is 48.5 Å². The molecule has 7 nitrogen and oxygen atoms in total. The summed E-state index contributed by atoms with van der Waals surface area (Å²) in [6.45, 7) is 1.81. The summed E-state index contributed by atoms with van der Waals surface area (Å²) in [7, 11) is 0. The third kappa shape index (κ3) is 4.39. The molecule has 1 aromatic heterocycles. The number of halogens is 3. The first-order valence-electron chi connectivity index (χ1n) is 10.7. The van der Waals surface area contributed by atoms with Crippen molar-refractivity contribution in [3.05, 3.63) is 45.9 Å². The molecule has 0 aromatic carbocycles. The number of nitrogens with one attached hydrogen (secondary N) is 1. The van der Waals surface area contributed by atoms with Crippen molar-refractivity contribution in [3.63, 3.8) is 0 Å². The van der Waals surface area contributed by atoms with E-state index in [1.54, 1.807) is 4.90 Å². The summed E-state index contributed by atoms with van der Waals surface area (Å²) in [5.74, 6) is -2.26. The Labute approximate surface area is 191 Å². The number of ether oxygens (including phenoxy) is 1. The van der Waals surface area contributed by atoms with E-state index in [0.29, 0.717) is 44.2 Å². The van der Waals surface area contributed by atoms with Crippen LogP contribution >= 0.6 is 11.3 Å². The molecule has 1 aliphatic carbocycles. The minimum atomic E-state index is -2.84. The highest BCUT2D eigenvalue weighted by Gasteiger charge is 2.35. The molecule has 1 N–H and O–H groups in total. The topological polar surface area (TPSA) is 83.9 Å². The molecule has 4 aliphatic rings. The van der Waals surface area contributed by atoms with Crippen molar-refractivity contribution in [3.8, 4) is 0 Å². The lowest BCUT2D eigenvalue weighted by atomic mass is 9.90. The maximum absolute atomic E-state index is 13.7. The molecule has 1 saturated heterocycles. The molecule has 1 fully saturated rings. The van der Waals surface area contributed by atoms with Gasteiger partial charge in [-0.1, -0.05) is 11.3 Å². The number of thiazole rings is 1. The van der Waals surface area contributed by atoms with Gasteiger partial charge in [-0.05, 0) is 31.1 Å². The molecule has 0 bridgehead atoms. The van der Waals surface area contributed by atoms with E-state index in [0.717, 1.165) is 22.7 Å². The van der Waals surface area contributed by atoms with Gasteiger partial charge >= 0.3 is 0 Å². The van der Waals surface area contributed by atoms with E-state index in [2.05, 4.69) is 15.3 Å². The molecule has 0 spiro atoms. The van der Waals surface area contributed by atoms with Gasteiger partial charge in [0.25, 0.3) is 12.3 Å². The van der Waals surface area contributed by atoms with Gasteiger partial charge in [0.2, 0.25) is 5.91 Å². The average molecular weight is 478 g/mol. The van der Waals surface area contributed by atoms with Crippen molar-refractivity contribution in [1.29, 1.82) is 0 Å². The molecule has 1 atom stereocenters. The Morgan fingerprint density at radius 2 is 2.03 bits per heavy atom. The SMILES string of the molecule is O=C(Nc1nc2c(s1)CN(C(=O)C1=CC3C(C(F)F)=CC(F)=CC3=N1)CC2)C1CCOCC1. The van der Waals surface area contributed by atoms with Crippen LogP contribution in [0.4, 0.5) is 18.3 Å². The molecule has 174 valence electrons. The normalized spacial score (nSPS) is 22.8. The van der Waals surface area contributed by atoms with Crippen LogP contribution in [0.25, 0.3) is 0 Å². The van der Waals surface area contributed by atoms with Gasteiger partial charge < -0.3 is 15.0 Å². The predicted molar refractivity (Wildman–Crippen MR) is 116 cm³/mol. The van der Waals surface area contributed by atoms with E-state index in [1.165, 1.54) is 17.4 Å². The number of aliphatic imine (C=N–C) groups is 1. The van der Waals surface area contributed by atoms with Crippen molar-refractivity contribution < 1.29 is 27.5 Å². The highest BCUT2D eigenvalue weighted by Crippen LogP contribution is 2.35. The zero-order valence-electron chi connectivity index (χ0n) is 17.5. The van der Waals surface area contributed by atoms with Gasteiger partial charge in [0.1, 0.15) is 11.5 Å². The number of allylic oxidation sites excluding steroid dienone is 5. The third-order valence-corrected chi connectivity index (χ3v) is 7.15. The van der Waals surface area contributed by atoms with E-state index in [-0.39, 0.29) is 29.8 Å². The molecular formula is C22H21F3N4O3S. The maximum atomic E-state index is 13.7. The highest BCUT2D eigenvalue weighted by molar-refractivity contribution is 7.15. The summed E-state index contributed by atoms with van der Waals surface area (Å²) in [5, 5.41) is 3.38. The zero-order chi connectivity index (χ0) is 23.1. The van der Waals surface area contributed by atoms with E-state index >= 15 is 0 Å². The molecule has 4 heterocycles. The van der Waals surface area contributed by atoms with E-state index in [1.807, 2.05) is 0 Å². The van der Waals surface area contributed by atoms with E-state index in [4.69, 9.17) is 4.74 Å². The smallest absolute Gasteiger partial charge is 0.272 e. The number of alkyl halides is 2. The largest absolute Gasteiger partial charge is 0.381 e. The van der Waals surface area contributed by atoms with Crippen LogP contribution in [-0.4, -0.2) is 53.6 Å². The number of carbonyl (C=O) groups excluding carboxylic acids is 2. The van der Waals surface area contributed by atoms with Crippen LogP contribution in [0, 0.1) is 11.8 Å². The summed E-state index contributed by atoms with van der Waals surface area (Å²) in [6.07, 6.45) is 2.29. The number of anilines is 1. The second-order valence-electron chi connectivity index (χ2n) is 8.28. The lowest BCUT2D eigenvalue weighted by Crippen LogP contribution is -2.36. The molecular weight excluding hydrogens is 457 g/mol. The summed E-state index contributed by atoms with van der Waals surface area (Å²) < 4.78 is 45.6. The predicted octanol–water partition coefficient (Wildman–Crippen LogP) is 3.41. The Morgan fingerprint density at radius 3 is 2.79 bits per heavy atom. The number of fused-ring (bicyclic) bond motifs is 2. The first kappa shape index (κ1) is 22.0. The second kappa shape index (κ2) is 8.86. The molecule has 2 amide bonds. The number of amides is 2. The van der Waals surface area contributed by atoms with Crippen LogP contribution in [-0.2, 0) is 27.3 Å². The van der Waals surface area contributed by atoms with Crippen molar-refractivity contribution in [2.45, 2.75) is 32.2 Å². The van der Waals surface area contributed by atoms with Gasteiger partial charge in [-0.2, -0.15) is 0 Å². The summed E-state index contributed by atoms with van der Waals surface area (Å²) in [6, 6.07) is 0. The van der Waals surface area contributed by atoms with Crippen molar-refractivity contribution in [1.82, 2.24) is 9.88 Å². The Balaban J connectivity index is 1.27. The first-order valence-corrected chi connectivity index (χ1v) is 11.5. The monoisotopic (exact) mass is 478 g/mol. The van der Waals surface area contributed by atoms with Crippen molar-refractivity contribution in [2.75, 3.05) is 25.1 Å². The van der Waals surface area contributed by atoms with Gasteiger partial charge in [0.15, 0.2) is 5.13 Å².